The van der Waals surface area contributed by atoms with Crippen LogP contribution in [0.5, 0.6) is 17.2 Å². The van der Waals surface area contributed by atoms with E-state index < -0.39 is 0 Å². The van der Waals surface area contributed by atoms with E-state index in [1.165, 1.54) is 4.90 Å². The number of nitrogens with one attached hydrogen (secondary N) is 1. The van der Waals surface area contributed by atoms with Crippen molar-refractivity contribution in [3.63, 3.8) is 0 Å². The first-order valence-corrected chi connectivity index (χ1v) is 10.8. The third kappa shape index (κ3) is 5.04. The van der Waals surface area contributed by atoms with E-state index in [2.05, 4.69) is 4.98 Å². The number of aryl methyl sites for hydroxylation is 1. The lowest BCUT2D eigenvalue weighted by molar-refractivity contribution is 0.0783. The van der Waals surface area contributed by atoms with Crippen LogP contribution in [0.4, 0.5) is 0 Å². The van der Waals surface area contributed by atoms with Crippen LogP contribution in [0.25, 0.3) is 10.9 Å². The summed E-state index contributed by atoms with van der Waals surface area (Å²) in [6, 6.07) is 11.0. The van der Waals surface area contributed by atoms with Gasteiger partial charge in [-0.05, 0) is 63.4 Å². The predicted molar refractivity (Wildman–Crippen MR) is 125 cm³/mol. The smallest absolute Gasteiger partial charge is 0.254 e. The van der Waals surface area contributed by atoms with Crippen LogP contribution in [-0.2, 0) is 6.54 Å². The number of fused-ring (bicyclic) bond motifs is 1. The van der Waals surface area contributed by atoms with Gasteiger partial charge in [-0.1, -0.05) is 11.6 Å². The Hall–Kier alpha value is -3.48. The van der Waals surface area contributed by atoms with Crippen LogP contribution < -0.4 is 19.8 Å². The van der Waals surface area contributed by atoms with Crippen LogP contribution in [0.15, 0.2) is 41.2 Å². The maximum atomic E-state index is 13.2. The first-order valence-electron chi connectivity index (χ1n) is 10.8. The Morgan fingerprint density at radius 2 is 1.56 bits per heavy atom. The molecule has 0 radical (unpaired) electrons. The molecule has 1 N–H and O–H groups in total. The summed E-state index contributed by atoms with van der Waals surface area (Å²) in [5, 5.41) is 0.929. The summed E-state index contributed by atoms with van der Waals surface area (Å²) in [4.78, 5) is 30.2. The number of carbonyl (C=O) groups is 1. The summed E-state index contributed by atoms with van der Waals surface area (Å²) >= 11 is 0. The van der Waals surface area contributed by atoms with Crippen LogP contribution in [0.3, 0.4) is 0 Å². The number of hydrogen-bond acceptors (Lipinski definition) is 5. The molecule has 0 bridgehead atoms. The Labute approximate surface area is 187 Å². The Morgan fingerprint density at radius 3 is 2.16 bits per heavy atom. The molecule has 0 fully saturated rings. The van der Waals surface area contributed by atoms with Crippen molar-refractivity contribution in [3.8, 4) is 17.2 Å². The minimum absolute atomic E-state index is 0.166. The minimum Gasteiger partial charge on any atom is -0.490 e. The Kier molecular flexibility index (Phi) is 7.41. The molecule has 1 aromatic heterocycles. The fourth-order valence-corrected chi connectivity index (χ4v) is 3.55. The standard InChI is InChI=1S/C25H30N2O5/c1-6-30-21-13-18(14-22(31-7-2)23(21)32-8-3)25(29)27(5)15-19-12-17-11-16(4)9-10-20(17)26-24(19)28/h9-14H,6-8,15H2,1-5H3,(H,26,28). The van der Waals surface area contributed by atoms with E-state index in [0.717, 1.165) is 16.5 Å². The summed E-state index contributed by atoms with van der Waals surface area (Å²) in [5.74, 6) is 1.14. The number of pyridine rings is 1. The van der Waals surface area contributed by atoms with Gasteiger partial charge in [0.25, 0.3) is 11.5 Å². The molecule has 1 heterocycles. The van der Waals surface area contributed by atoms with E-state index in [4.69, 9.17) is 14.2 Å². The third-order valence-electron chi connectivity index (χ3n) is 4.99. The van der Waals surface area contributed by atoms with Gasteiger partial charge in [0.05, 0.1) is 26.4 Å². The van der Waals surface area contributed by atoms with Crippen LogP contribution in [0.2, 0.25) is 0 Å². The second-order valence-electron chi connectivity index (χ2n) is 7.48. The average Bonchev–Trinajstić information content (AvgIpc) is 2.76. The van der Waals surface area contributed by atoms with Crippen molar-refractivity contribution in [2.45, 2.75) is 34.2 Å². The second kappa shape index (κ2) is 10.2. The van der Waals surface area contributed by atoms with Gasteiger partial charge in [-0.2, -0.15) is 0 Å². The molecule has 0 spiro atoms. The SMILES string of the molecule is CCOc1cc(C(=O)N(C)Cc2cc3cc(C)ccc3[nH]c2=O)cc(OCC)c1OCC. The normalized spacial score (nSPS) is 10.8. The van der Waals surface area contributed by atoms with E-state index in [9.17, 15) is 9.59 Å². The number of ether oxygens (including phenoxy) is 3. The van der Waals surface area contributed by atoms with E-state index in [0.29, 0.717) is 48.2 Å². The fraction of sp³-hybridized carbons (Fsp3) is 0.360. The molecule has 0 unspecified atom stereocenters. The molecule has 0 saturated carbocycles. The van der Waals surface area contributed by atoms with Crippen molar-refractivity contribution >= 4 is 16.8 Å². The first-order chi connectivity index (χ1) is 15.4. The monoisotopic (exact) mass is 438 g/mol. The maximum Gasteiger partial charge on any atom is 0.254 e. The lowest BCUT2D eigenvalue weighted by atomic mass is 10.1. The van der Waals surface area contributed by atoms with Crippen molar-refractivity contribution in [2.75, 3.05) is 26.9 Å². The second-order valence-corrected chi connectivity index (χ2v) is 7.48. The topological polar surface area (TPSA) is 80.9 Å². The van der Waals surface area contributed by atoms with Crippen LogP contribution >= 0.6 is 0 Å². The lowest BCUT2D eigenvalue weighted by Gasteiger charge is -2.20. The zero-order chi connectivity index (χ0) is 23.3. The summed E-state index contributed by atoms with van der Waals surface area (Å²) in [7, 11) is 1.67. The molecule has 0 aliphatic heterocycles. The molecule has 3 aromatic rings. The molecule has 170 valence electrons. The van der Waals surface area contributed by atoms with E-state index >= 15 is 0 Å². The molecule has 7 heteroatoms. The molecule has 0 saturated heterocycles. The zero-order valence-corrected chi connectivity index (χ0v) is 19.3. The van der Waals surface area contributed by atoms with E-state index in [1.54, 1.807) is 19.2 Å². The highest BCUT2D eigenvalue weighted by atomic mass is 16.5. The summed E-state index contributed by atoms with van der Waals surface area (Å²) in [6.45, 7) is 9.06. The fourth-order valence-electron chi connectivity index (χ4n) is 3.55. The molecular formula is C25H30N2O5. The quantitative estimate of drug-likeness (QED) is 0.539. The first kappa shape index (κ1) is 23.2. The van der Waals surface area contributed by atoms with Crippen LogP contribution in [0, 0.1) is 6.92 Å². The molecule has 0 aliphatic carbocycles. The Morgan fingerprint density at radius 1 is 0.938 bits per heavy atom. The predicted octanol–water partition coefficient (Wildman–Crippen LogP) is 4.30. The number of benzene rings is 2. The van der Waals surface area contributed by atoms with Gasteiger partial charge in [0.1, 0.15) is 0 Å². The number of carbonyl (C=O) groups excluding carboxylic acids is 1. The van der Waals surface area contributed by atoms with Gasteiger partial charge in [0.2, 0.25) is 5.75 Å². The number of aromatic nitrogens is 1. The molecule has 1 amide bonds. The maximum absolute atomic E-state index is 13.2. The van der Waals surface area contributed by atoms with Crippen molar-refractivity contribution in [1.82, 2.24) is 9.88 Å². The van der Waals surface area contributed by atoms with Gasteiger partial charge in [-0.25, -0.2) is 0 Å². The Balaban J connectivity index is 1.93. The number of rotatable bonds is 9. The molecule has 3 rings (SSSR count). The highest BCUT2D eigenvalue weighted by Gasteiger charge is 2.21. The largest absolute Gasteiger partial charge is 0.490 e. The molecule has 2 aromatic carbocycles. The Bertz CT molecular complexity index is 1140. The highest BCUT2D eigenvalue weighted by Crippen LogP contribution is 2.39. The van der Waals surface area contributed by atoms with Crippen molar-refractivity contribution in [3.05, 3.63) is 63.4 Å². The van der Waals surface area contributed by atoms with Crippen molar-refractivity contribution < 1.29 is 19.0 Å². The van der Waals surface area contributed by atoms with Gasteiger partial charge in [-0.3, -0.25) is 9.59 Å². The third-order valence-corrected chi connectivity index (χ3v) is 4.99. The van der Waals surface area contributed by atoms with Crippen LogP contribution in [0.1, 0.15) is 42.3 Å². The number of aromatic amines is 1. The molecule has 0 atom stereocenters. The number of hydrogen-bond donors (Lipinski definition) is 1. The molecular weight excluding hydrogens is 408 g/mol. The minimum atomic E-state index is -0.251. The van der Waals surface area contributed by atoms with Crippen LogP contribution in [-0.4, -0.2) is 42.7 Å². The lowest BCUT2D eigenvalue weighted by Crippen LogP contribution is -2.29. The highest BCUT2D eigenvalue weighted by molar-refractivity contribution is 5.95. The van der Waals surface area contributed by atoms with Gasteiger partial charge < -0.3 is 24.1 Å². The number of H-pyrrole nitrogens is 1. The average molecular weight is 439 g/mol. The van der Waals surface area contributed by atoms with Gasteiger partial charge in [0.15, 0.2) is 11.5 Å². The zero-order valence-electron chi connectivity index (χ0n) is 19.3. The van der Waals surface area contributed by atoms with Crippen molar-refractivity contribution in [1.29, 1.82) is 0 Å². The number of amides is 1. The molecule has 7 nitrogen and oxygen atoms in total. The number of nitrogens with zero attached hydrogens (tertiary/aromatic N) is 1. The van der Waals surface area contributed by atoms with Crippen molar-refractivity contribution in [2.24, 2.45) is 0 Å². The van der Waals surface area contributed by atoms with E-state index in [1.807, 2.05) is 52.0 Å². The molecule has 0 aliphatic rings. The summed E-state index contributed by atoms with van der Waals surface area (Å²) in [5.41, 5.74) is 2.57. The summed E-state index contributed by atoms with van der Waals surface area (Å²) in [6.07, 6.45) is 0. The van der Waals surface area contributed by atoms with Gasteiger partial charge in [-0.15, -0.1) is 0 Å². The summed E-state index contributed by atoms with van der Waals surface area (Å²) < 4.78 is 17.1. The van der Waals surface area contributed by atoms with Gasteiger partial charge >= 0.3 is 0 Å². The van der Waals surface area contributed by atoms with E-state index in [-0.39, 0.29) is 18.0 Å². The molecule has 32 heavy (non-hydrogen) atoms. The van der Waals surface area contributed by atoms with Gasteiger partial charge in [0, 0.05) is 23.7 Å².